The van der Waals surface area contributed by atoms with Gasteiger partial charge in [-0.15, -0.1) is 0 Å². The molecule has 0 N–H and O–H groups in total. The molecule has 0 aliphatic heterocycles. The molecule has 20 heavy (non-hydrogen) atoms. The van der Waals surface area contributed by atoms with Crippen LogP contribution in [0.25, 0.3) is 6.08 Å². The number of carbonyl (C=O) groups is 1. The molecule has 0 saturated carbocycles. The first-order chi connectivity index (χ1) is 9.75. The minimum absolute atomic E-state index is 0.0166. The average molecular weight is 266 g/mol. The third-order valence-electron chi connectivity index (χ3n) is 3.08. The van der Waals surface area contributed by atoms with Crippen LogP contribution in [0.2, 0.25) is 0 Å². The maximum atomic E-state index is 12.0. The molecule has 0 bridgehead atoms. The van der Waals surface area contributed by atoms with Crippen LogP contribution in [0.3, 0.4) is 0 Å². The normalized spacial score (nSPS) is 10.7. The Balaban J connectivity index is 1.85. The van der Waals surface area contributed by atoms with Crippen molar-refractivity contribution >= 4 is 12.0 Å². The van der Waals surface area contributed by atoms with Crippen LogP contribution in [0.1, 0.15) is 11.1 Å². The van der Waals surface area contributed by atoms with E-state index in [1.807, 2.05) is 55.6 Å². The van der Waals surface area contributed by atoms with Crippen molar-refractivity contribution in [3.63, 3.8) is 0 Å². The van der Waals surface area contributed by atoms with Gasteiger partial charge in [-0.3, -0.25) is 9.78 Å². The zero-order chi connectivity index (χ0) is 14.2. The summed E-state index contributed by atoms with van der Waals surface area (Å²) in [5, 5.41) is 0. The van der Waals surface area contributed by atoms with E-state index in [1.165, 1.54) is 5.56 Å². The lowest BCUT2D eigenvalue weighted by Crippen LogP contribution is -2.27. The predicted octanol–water partition coefficient (Wildman–Crippen LogP) is 2.80. The van der Waals surface area contributed by atoms with Gasteiger partial charge in [0.2, 0.25) is 5.91 Å². The van der Waals surface area contributed by atoms with E-state index in [-0.39, 0.29) is 5.91 Å². The van der Waals surface area contributed by atoms with Gasteiger partial charge in [-0.25, -0.2) is 0 Å². The highest BCUT2D eigenvalue weighted by Crippen LogP contribution is 2.03. The molecule has 1 aromatic carbocycles. The van der Waals surface area contributed by atoms with E-state index in [4.69, 9.17) is 0 Å². The molecule has 2 aromatic rings. The quantitative estimate of drug-likeness (QED) is 0.780. The van der Waals surface area contributed by atoms with Crippen LogP contribution in [0.4, 0.5) is 0 Å². The van der Waals surface area contributed by atoms with Crippen molar-refractivity contribution in [1.29, 1.82) is 0 Å². The summed E-state index contributed by atoms with van der Waals surface area (Å²) in [6.07, 6.45) is 7.83. The van der Waals surface area contributed by atoms with E-state index >= 15 is 0 Å². The van der Waals surface area contributed by atoms with Crippen molar-refractivity contribution in [3.05, 3.63) is 72.1 Å². The minimum atomic E-state index is 0.0166. The number of rotatable bonds is 5. The second kappa shape index (κ2) is 7.24. The first-order valence-electron chi connectivity index (χ1n) is 6.63. The van der Waals surface area contributed by atoms with E-state index in [2.05, 4.69) is 4.98 Å². The molecule has 0 saturated heterocycles. The summed E-state index contributed by atoms with van der Waals surface area (Å²) in [5.74, 6) is 0.0166. The van der Waals surface area contributed by atoms with Crippen molar-refractivity contribution in [2.45, 2.75) is 6.42 Å². The highest BCUT2D eigenvalue weighted by molar-refractivity contribution is 5.91. The van der Waals surface area contributed by atoms with E-state index in [0.717, 1.165) is 12.0 Å². The molecule has 0 radical (unpaired) electrons. The summed E-state index contributed by atoms with van der Waals surface area (Å²) in [6.45, 7) is 0.696. The molecule has 1 heterocycles. The van der Waals surface area contributed by atoms with E-state index in [9.17, 15) is 4.79 Å². The van der Waals surface area contributed by atoms with Gasteiger partial charge >= 0.3 is 0 Å². The van der Waals surface area contributed by atoms with Gasteiger partial charge in [0.1, 0.15) is 0 Å². The molecular weight excluding hydrogens is 248 g/mol. The molecule has 2 rings (SSSR count). The van der Waals surface area contributed by atoms with Gasteiger partial charge < -0.3 is 4.90 Å². The van der Waals surface area contributed by atoms with E-state index in [1.54, 1.807) is 23.4 Å². The highest BCUT2D eigenvalue weighted by Gasteiger charge is 2.04. The molecule has 0 fully saturated rings. The molecule has 3 nitrogen and oxygen atoms in total. The lowest BCUT2D eigenvalue weighted by atomic mass is 10.2. The summed E-state index contributed by atoms with van der Waals surface area (Å²) in [4.78, 5) is 17.7. The molecule has 0 unspecified atom stereocenters. The highest BCUT2D eigenvalue weighted by atomic mass is 16.2. The summed E-state index contributed by atoms with van der Waals surface area (Å²) < 4.78 is 0. The Morgan fingerprint density at radius 3 is 2.55 bits per heavy atom. The third kappa shape index (κ3) is 4.35. The molecule has 0 spiro atoms. The second-order valence-electron chi connectivity index (χ2n) is 4.61. The maximum absolute atomic E-state index is 12.0. The van der Waals surface area contributed by atoms with Gasteiger partial charge in [0.25, 0.3) is 0 Å². The standard InChI is InChI=1S/C17H18N2O/c1-19(14-11-16-9-12-18-13-10-16)17(20)8-7-15-5-3-2-4-6-15/h2-10,12-13H,11,14H2,1H3/b8-7+. The minimum Gasteiger partial charge on any atom is -0.342 e. The van der Waals surface area contributed by atoms with Crippen LogP contribution in [0.5, 0.6) is 0 Å². The number of hydrogen-bond donors (Lipinski definition) is 0. The van der Waals surface area contributed by atoms with Gasteiger partial charge in [-0.05, 0) is 35.8 Å². The van der Waals surface area contributed by atoms with Gasteiger partial charge in [-0.1, -0.05) is 30.3 Å². The van der Waals surface area contributed by atoms with Crippen molar-refractivity contribution in [2.24, 2.45) is 0 Å². The topological polar surface area (TPSA) is 33.2 Å². The van der Waals surface area contributed by atoms with E-state index < -0.39 is 0 Å². The number of benzene rings is 1. The SMILES string of the molecule is CN(CCc1ccncc1)C(=O)/C=C/c1ccccc1. The maximum Gasteiger partial charge on any atom is 0.246 e. The van der Waals surface area contributed by atoms with Crippen LogP contribution < -0.4 is 0 Å². The number of likely N-dealkylation sites (N-methyl/N-ethyl adjacent to an activating group) is 1. The second-order valence-corrected chi connectivity index (χ2v) is 4.61. The smallest absolute Gasteiger partial charge is 0.246 e. The molecule has 0 aliphatic rings. The van der Waals surface area contributed by atoms with Crippen LogP contribution in [-0.4, -0.2) is 29.4 Å². The average Bonchev–Trinajstić information content (AvgIpc) is 2.52. The fourth-order valence-corrected chi connectivity index (χ4v) is 1.82. The summed E-state index contributed by atoms with van der Waals surface area (Å²) in [6, 6.07) is 13.8. The van der Waals surface area contributed by atoms with E-state index in [0.29, 0.717) is 6.54 Å². The zero-order valence-electron chi connectivity index (χ0n) is 11.6. The Morgan fingerprint density at radius 2 is 1.85 bits per heavy atom. The van der Waals surface area contributed by atoms with Crippen LogP contribution in [0, 0.1) is 0 Å². The Hall–Kier alpha value is -2.42. The van der Waals surface area contributed by atoms with Crippen LogP contribution in [-0.2, 0) is 11.2 Å². The summed E-state index contributed by atoms with van der Waals surface area (Å²) >= 11 is 0. The molecule has 1 aromatic heterocycles. The van der Waals surface area contributed by atoms with Crippen LogP contribution >= 0.6 is 0 Å². The van der Waals surface area contributed by atoms with Crippen molar-refractivity contribution in [1.82, 2.24) is 9.88 Å². The number of pyridine rings is 1. The Labute approximate surface area is 119 Å². The Kier molecular flexibility index (Phi) is 5.07. The van der Waals surface area contributed by atoms with Crippen molar-refractivity contribution < 1.29 is 4.79 Å². The molecule has 102 valence electrons. The lowest BCUT2D eigenvalue weighted by Gasteiger charge is -2.14. The fourth-order valence-electron chi connectivity index (χ4n) is 1.82. The zero-order valence-corrected chi connectivity index (χ0v) is 11.6. The van der Waals surface area contributed by atoms with Gasteiger partial charge in [0.05, 0.1) is 0 Å². The summed E-state index contributed by atoms with van der Waals surface area (Å²) in [7, 11) is 1.82. The molecule has 3 heteroatoms. The van der Waals surface area contributed by atoms with Gasteiger partial charge in [0, 0.05) is 32.1 Å². The van der Waals surface area contributed by atoms with Crippen molar-refractivity contribution in [3.8, 4) is 0 Å². The van der Waals surface area contributed by atoms with Gasteiger partial charge in [-0.2, -0.15) is 0 Å². The lowest BCUT2D eigenvalue weighted by molar-refractivity contribution is -0.124. The predicted molar refractivity (Wildman–Crippen MR) is 81.1 cm³/mol. The Morgan fingerprint density at radius 1 is 1.15 bits per heavy atom. The van der Waals surface area contributed by atoms with Crippen molar-refractivity contribution in [2.75, 3.05) is 13.6 Å². The molecule has 1 amide bonds. The Bertz CT molecular complexity index is 564. The summed E-state index contributed by atoms with van der Waals surface area (Å²) in [5.41, 5.74) is 2.22. The first kappa shape index (κ1) is 14.0. The number of carbonyl (C=O) groups excluding carboxylic acids is 1. The number of aromatic nitrogens is 1. The monoisotopic (exact) mass is 266 g/mol. The third-order valence-corrected chi connectivity index (χ3v) is 3.08. The first-order valence-corrected chi connectivity index (χ1v) is 6.63. The largest absolute Gasteiger partial charge is 0.342 e. The molecule has 0 atom stereocenters. The molecular formula is C17H18N2O. The van der Waals surface area contributed by atoms with Gasteiger partial charge in [0.15, 0.2) is 0 Å². The number of nitrogens with zero attached hydrogens (tertiary/aromatic N) is 2. The number of amides is 1. The number of hydrogen-bond acceptors (Lipinski definition) is 2. The fraction of sp³-hybridized carbons (Fsp3) is 0.176. The van der Waals surface area contributed by atoms with Crippen LogP contribution in [0.15, 0.2) is 60.9 Å². The molecule has 0 aliphatic carbocycles.